The molecule has 2 aromatic heterocycles. The van der Waals surface area contributed by atoms with Crippen LogP contribution in [0.4, 0.5) is 13.2 Å². The first kappa shape index (κ1) is 15.1. The first-order valence-corrected chi connectivity index (χ1v) is 5.95. The van der Waals surface area contributed by atoms with Crippen LogP contribution in [0.25, 0.3) is 0 Å². The van der Waals surface area contributed by atoms with Crippen molar-refractivity contribution in [2.75, 3.05) is 6.54 Å². The number of aliphatic hydroxyl groups excluding tert-OH is 1. The molecule has 1 atom stereocenters. The summed E-state index contributed by atoms with van der Waals surface area (Å²) < 4.78 is 43.0. The number of hydrogen-bond acceptors (Lipinski definition) is 4. The summed E-state index contributed by atoms with van der Waals surface area (Å²) in [6.07, 6.45) is -4.11. The molecule has 0 aliphatic carbocycles. The number of halogens is 3. The predicted molar refractivity (Wildman–Crippen MR) is 64.4 cm³/mol. The number of aliphatic hydroxyl groups is 1. The highest BCUT2D eigenvalue weighted by Gasteiger charge is 2.38. The van der Waals surface area contributed by atoms with E-state index in [-0.39, 0.29) is 5.76 Å². The standard InChI is InChI=1S/C12H12F3N3O3/c13-12(14,15)10(19)6-16-11(20)9-3-2-8(21-9)7-18-5-1-4-17-18/h1-5,10,19H,6-7H2,(H,16,20). The zero-order valence-corrected chi connectivity index (χ0v) is 10.7. The molecule has 9 heteroatoms. The first-order valence-electron chi connectivity index (χ1n) is 5.95. The number of carbonyl (C=O) groups is 1. The highest BCUT2D eigenvalue weighted by atomic mass is 19.4. The fraction of sp³-hybridized carbons (Fsp3) is 0.333. The summed E-state index contributed by atoms with van der Waals surface area (Å²) in [4.78, 5) is 11.6. The summed E-state index contributed by atoms with van der Waals surface area (Å²) in [7, 11) is 0. The molecular weight excluding hydrogens is 291 g/mol. The molecule has 2 aromatic rings. The van der Waals surface area contributed by atoms with E-state index in [1.54, 1.807) is 23.1 Å². The van der Waals surface area contributed by atoms with Crippen molar-refractivity contribution in [3.05, 3.63) is 42.1 Å². The van der Waals surface area contributed by atoms with Crippen LogP contribution in [-0.4, -0.2) is 39.6 Å². The van der Waals surface area contributed by atoms with Crippen molar-refractivity contribution in [1.29, 1.82) is 0 Å². The topological polar surface area (TPSA) is 80.3 Å². The maximum absolute atomic E-state index is 12.1. The van der Waals surface area contributed by atoms with E-state index in [0.717, 1.165) is 0 Å². The lowest BCUT2D eigenvalue weighted by atomic mass is 10.3. The molecule has 0 fully saturated rings. The molecule has 1 amide bonds. The lowest BCUT2D eigenvalue weighted by Gasteiger charge is -2.14. The molecule has 0 radical (unpaired) electrons. The Bertz CT molecular complexity index is 592. The van der Waals surface area contributed by atoms with Crippen molar-refractivity contribution in [2.24, 2.45) is 0 Å². The van der Waals surface area contributed by atoms with Crippen LogP contribution in [0, 0.1) is 0 Å². The van der Waals surface area contributed by atoms with Gasteiger partial charge in [-0.2, -0.15) is 18.3 Å². The molecule has 1 unspecified atom stereocenters. The molecule has 0 saturated heterocycles. The minimum atomic E-state index is -4.78. The lowest BCUT2D eigenvalue weighted by Crippen LogP contribution is -2.40. The minimum Gasteiger partial charge on any atom is -0.454 e. The minimum absolute atomic E-state index is 0.133. The van der Waals surface area contributed by atoms with Crippen LogP contribution < -0.4 is 5.32 Å². The third-order valence-electron chi connectivity index (χ3n) is 2.60. The number of aromatic nitrogens is 2. The molecular formula is C12H12F3N3O3. The fourth-order valence-corrected chi connectivity index (χ4v) is 1.53. The number of furan rings is 1. The van der Waals surface area contributed by atoms with Gasteiger partial charge in [-0.15, -0.1) is 0 Å². The number of amides is 1. The largest absolute Gasteiger partial charge is 0.454 e. The van der Waals surface area contributed by atoms with Gasteiger partial charge in [-0.25, -0.2) is 0 Å². The van der Waals surface area contributed by atoms with Crippen molar-refractivity contribution in [3.63, 3.8) is 0 Å². The van der Waals surface area contributed by atoms with Gasteiger partial charge in [0.05, 0.1) is 13.1 Å². The SMILES string of the molecule is O=C(NCC(O)C(F)(F)F)c1ccc(Cn2cccn2)o1. The molecule has 0 aliphatic heterocycles. The molecule has 0 bridgehead atoms. The van der Waals surface area contributed by atoms with E-state index in [2.05, 4.69) is 5.10 Å². The van der Waals surface area contributed by atoms with Gasteiger partial charge in [-0.05, 0) is 18.2 Å². The highest BCUT2D eigenvalue weighted by Crippen LogP contribution is 2.19. The Balaban J connectivity index is 1.90. The molecule has 0 aliphatic rings. The van der Waals surface area contributed by atoms with Crippen LogP contribution in [-0.2, 0) is 6.54 Å². The zero-order chi connectivity index (χ0) is 15.5. The smallest absolute Gasteiger partial charge is 0.416 e. The van der Waals surface area contributed by atoms with E-state index < -0.39 is 24.7 Å². The second-order valence-electron chi connectivity index (χ2n) is 4.24. The lowest BCUT2D eigenvalue weighted by molar-refractivity contribution is -0.201. The van der Waals surface area contributed by atoms with Gasteiger partial charge in [0.2, 0.25) is 0 Å². The molecule has 0 aromatic carbocycles. The van der Waals surface area contributed by atoms with Crippen LogP contribution in [0.1, 0.15) is 16.3 Å². The average Bonchev–Trinajstić information content (AvgIpc) is 3.06. The van der Waals surface area contributed by atoms with Crippen LogP contribution in [0.3, 0.4) is 0 Å². The second-order valence-corrected chi connectivity index (χ2v) is 4.24. The zero-order valence-electron chi connectivity index (χ0n) is 10.7. The maximum atomic E-state index is 12.1. The van der Waals surface area contributed by atoms with Crippen LogP contribution in [0.2, 0.25) is 0 Å². The predicted octanol–water partition coefficient (Wildman–Crippen LogP) is 1.18. The fourth-order valence-electron chi connectivity index (χ4n) is 1.53. The highest BCUT2D eigenvalue weighted by molar-refractivity contribution is 5.91. The third-order valence-corrected chi connectivity index (χ3v) is 2.60. The van der Waals surface area contributed by atoms with E-state index >= 15 is 0 Å². The van der Waals surface area contributed by atoms with E-state index in [1.807, 2.05) is 5.32 Å². The number of carbonyl (C=O) groups excluding carboxylic acids is 1. The quantitative estimate of drug-likeness (QED) is 0.869. The average molecular weight is 303 g/mol. The normalized spacial score (nSPS) is 13.1. The molecule has 6 nitrogen and oxygen atoms in total. The molecule has 0 spiro atoms. The molecule has 0 saturated carbocycles. The van der Waals surface area contributed by atoms with Gasteiger partial charge < -0.3 is 14.8 Å². The molecule has 21 heavy (non-hydrogen) atoms. The van der Waals surface area contributed by atoms with Gasteiger partial charge in [-0.3, -0.25) is 9.48 Å². The maximum Gasteiger partial charge on any atom is 0.416 e. The first-order chi connectivity index (χ1) is 9.86. The summed E-state index contributed by atoms with van der Waals surface area (Å²) in [5.41, 5.74) is 0. The Morgan fingerprint density at radius 1 is 1.48 bits per heavy atom. The molecule has 2 N–H and O–H groups in total. The van der Waals surface area contributed by atoms with Gasteiger partial charge in [0.25, 0.3) is 5.91 Å². The molecule has 114 valence electrons. The van der Waals surface area contributed by atoms with Gasteiger partial charge in [-0.1, -0.05) is 0 Å². The number of nitrogens with one attached hydrogen (secondary N) is 1. The number of hydrogen-bond donors (Lipinski definition) is 2. The Hall–Kier alpha value is -2.29. The van der Waals surface area contributed by atoms with Crippen molar-refractivity contribution in [2.45, 2.75) is 18.8 Å². The van der Waals surface area contributed by atoms with Gasteiger partial charge in [0.15, 0.2) is 11.9 Å². The van der Waals surface area contributed by atoms with Crippen molar-refractivity contribution in [1.82, 2.24) is 15.1 Å². The van der Waals surface area contributed by atoms with Gasteiger partial charge in [0.1, 0.15) is 5.76 Å². The number of nitrogens with zero attached hydrogens (tertiary/aromatic N) is 2. The van der Waals surface area contributed by atoms with Crippen molar-refractivity contribution >= 4 is 5.91 Å². The van der Waals surface area contributed by atoms with Crippen molar-refractivity contribution < 1.29 is 27.5 Å². The summed E-state index contributed by atoms with van der Waals surface area (Å²) >= 11 is 0. The summed E-state index contributed by atoms with van der Waals surface area (Å²) in [6.45, 7) is -0.636. The Morgan fingerprint density at radius 3 is 2.86 bits per heavy atom. The second kappa shape index (κ2) is 6.00. The Morgan fingerprint density at radius 2 is 2.24 bits per heavy atom. The van der Waals surface area contributed by atoms with E-state index in [1.165, 1.54) is 12.1 Å². The molecule has 2 heterocycles. The van der Waals surface area contributed by atoms with Gasteiger partial charge in [0, 0.05) is 12.4 Å². The van der Waals surface area contributed by atoms with Gasteiger partial charge >= 0.3 is 6.18 Å². The monoisotopic (exact) mass is 303 g/mol. The van der Waals surface area contributed by atoms with Crippen LogP contribution in [0.5, 0.6) is 0 Å². The third kappa shape index (κ3) is 4.09. The van der Waals surface area contributed by atoms with Crippen LogP contribution >= 0.6 is 0 Å². The summed E-state index contributed by atoms with van der Waals surface area (Å²) in [5, 5.41) is 14.7. The van der Waals surface area contributed by atoms with Crippen molar-refractivity contribution in [3.8, 4) is 0 Å². The van der Waals surface area contributed by atoms with E-state index in [0.29, 0.717) is 12.3 Å². The number of rotatable bonds is 5. The Kier molecular flexibility index (Phi) is 4.32. The summed E-state index contributed by atoms with van der Waals surface area (Å²) in [5.74, 6) is -0.531. The van der Waals surface area contributed by atoms with E-state index in [9.17, 15) is 18.0 Å². The van der Waals surface area contributed by atoms with Crippen LogP contribution in [0.15, 0.2) is 35.0 Å². The Labute approximate surface area is 117 Å². The van der Waals surface area contributed by atoms with E-state index in [4.69, 9.17) is 9.52 Å². The number of alkyl halides is 3. The summed E-state index contributed by atoms with van der Waals surface area (Å²) in [6, 6.07) is 4.58. The molecule has 2 rings (SSSR count).